The first kappa shape index (κ1) is 17.1. The molecular formula is C15H7Cl2F3N2OS. The van der Waals surface area contributed by atoms with Crippen molar-refractivity contribution in [2.75, 3.05) is 0 Å². The van der Waals surface area contributed by atoms with Gasteiger partial charge < -0.3 is 4.52 Å². The minimum Gasteiger partial charge on any atom is -0.329 e. The number of alkyl halides is 3. The van der Waals surface area contributed by atoms with Crippen LogP contribution < -0.4 is 0 Å². The number of aromatic nitrogens is 2. The van der Waals surface area contributed by atoms with Crippen molar-refractivity contribution in [3.63, 3.8) is 0 Å². The maximum atomic E-state index is 12.5. The van der Waals surface area contributed by atoms with Crippen LogP contribution in [-0.2, 0) is 6.18 Å². The fraction of sp³-hybridized carbons (Fsp3) is 0.0667. The van der Waals surface area contributed by atoms with E-state index in [-0.39, 0.29) is 5.82 Å². The summed E-state index contributed by atoms with van der Waals surface area (Å²) in [4.78, 5) is 5.00. The highest BCUT2D eigenvalue weighted by atomic mass is 35.5. The van der Waals surface area contributed by atoms with Gasteiger partial charge in [0, 0.05) is 15.4 Å². The molecule has 0 aliphatic rings. The number of hydrogen-bond donors (Lipinski definition) is 0. The zero-order chi connectivity index (χ0) is 17.3. The van der Waals surface area contributed by atoms with E-state index in [2.05, 4.69) is 14.7 Å². The Labute approximate surface area is 148 Å². The molecule has 3 aromatic rings. The molecule has 0 bridgehead atoms. The van der Waals surface area contributed by atoms with E-state index in [1.807, 2.05) is 0 Å². The molecular weight excluding hydrogens is 384 g/mol. The first-order valence-corrected chi connectivity index (χ1v) is 8.04. The van der Waals surface area contributed by atoms with Crippen molar-refractivity contribution in [3.05, 3.63) is 58.4 Å². The second kappa shape index (κ2) is 6.66. The highest BCUT2D eigenvalue weighted by Crippen LogP contribution is 2.34. The molecule has 0 aliphatic carbocycles. The van der Waals surface area contributed by atoms with Crippen molar-refractivity contribution in [3.8, 4) is 11.4 Å². The van der Waals surface area contributed by atoms with Crippen LogP contribution in [0.15, 0.2) is 56.8 Å². The lowest BCUT2D eigenvalue weighted by Gasteiger charge is -2.04. The van der Waals surface area contributed by atoms with E-state index in [4.69, 9.17) is 23.2 Å². The Kier molecular flexibility index (Phi) is 4.76. The number of benzene rings is 2. The molecule has 3 nitrogen and oxygen atoms in total. The van der Waals surface area contributed by atoms with Gasteiger partial charge in [0.2, 0.25) is 5.82 Å². The number of halogens is 5. The number of nitrogens with zero attached hydrogens (tertiary/aromatic N) is 2. The van der Waals surface area contributed by atoms with E-state index in [1.54, 1.807) is 42.5 Å². The van der Waals surface area contributed by atoms with Crippen molar-refractivity contribution >= 4 is 35.0 Å². The Bertz CT molecular complexity index is 883. The first-order valence-electron chi connectivity index (χ1n) is 6.47. The quantitative estimate of drug-likeness (QED) is 0.532. The Balaban J connectivity index is 1.86. The third-order valence-electron chi connectivity index (χ3n) is 2.89. The van der Waals surface area contributed by atoms with Gasteiger partial charge in [-0.1, -0.05) is 52.3 Å². The maximum absolute atomic E-state index is 12.5. The lowest BCUT2D eigenvalue weighted by atomic mass is 10.2. The van der Waals surface area contributed by atoms with E-state index in [1.165, 1.54) is 11.8 Å². The fourth-order valence-electron chi connectivity index (χ4n) is 1.83. The summed E-state index contributed by atoms with van der Waals surface area (Å²) >= 11 is 13.2. The minimum atomic E-state index is -4.67. The van der Waals surface area contributed by atoms with Crippen LogP contribution in [0.3, 0.4) is 0 Å². The summed E-state index contributed by atoms with van der Waals surface area (Å²) < 4.78 is 41.8. The smallest absolute Gasteiger partial charge is 0.329 e. The largest absolute Gasteiger partial charge is 0.471 e. The standard InChI is InChI=1S/C15H7Cl2F3N2OS/c16-11-5-4-10(7-12(11)17)24-9-3-1-2-8(6-9)13-21-14(23-22-13)15(18,19)20/h1-7H. The zero-order valence-electron chi connectivity index (χ0n) is 11.6. The van der Waals surface area contributed by atoms with E-state index < -0.39 is 12.1 Å². The lowest BCUT2D eigenvalue weighted by molar-refractivity contribution is -0.159. The van der Waals surface area contributed by atoms with Gasteiger partial charge in [0.25, 0.3) is 0 Å². The van der Waals surface area contributed by atoms with E-state index in [9.17, 15) is 13.2 Å². The molecule has 0 unspecified atom stereocenters. The topological polar surface area (TPSA) is 38.9 Å². The third-order valence-corrected chi connectivity index (χ3v) is 4.61. The van der Waals surface area contributed by atoms with Crippen LogP contribution >= 0.6 is 35.0 Å². The van der Waals surface area contributed by atoms with Gasteiger partial charge in [0.1, 0.15) is 0 Å². The molecule has 1 aromatic heterocycles. The Morgan fingerprint density at radius 3 is 2.38 bits per heavy atom. The molecule has 124 valence electrons. The molecule has 0 saturated carbocycles. The predicted molar refractivity (Wildman–Crippen MR) is 85.3 cm³/mol. The van der Waals surface area contributed by atoms with Gasteiger partial charge in [0.15, 0.2) is 0 Å². The summed E-state index contributed by atoms with van der Waals surface area (Å²) in [5, 5.41) is 4.24. The maximum Gasteiger partial charge on any atom is 0.471 e. The van der Waals surface area contributed by atoms with Crippen LogP contribution in [0, 0.1) is 0 Å². The van der Waals surface area contributed by atoms with Crippen LogP contribution in [0.25, 0.3) is 11.4 Å². The molecule has 0 N–H and O–H groups in total. The molecule has 0 atom stereocenters. The van der Waals surface area contributed by atoms with Crippen molar-refractivity contribution < 1.29 is 17.7 Å². The highest BCUT2D eigenvalue weighted by molar-refractivity contribution is 7.99. The minimum absolute atomic E-state index is 0.126. The van der Waals surface area contributed by atoms with Gasteiger partial charge in [-0.05, 0) is 30.3 Å². The normalized spacial score (nSPS) is 11.7. The van der Waals surface area contributed by atoms with Gasteiger partial charge in [-0.15, -0.1) is 0 Å². The van der Waals surface area contributed by atoms with Crippen molar-refractivity contribution in [1.82, 2.24) is 10.1 Å². The van der Waals surface area contributed by atoms with Gasteiger partial charge in [-0.2, -0.15) is 18.2 Å². The van der Waals surface area contributed by atoms with Gasteiger partial charge in [-0.25, -0.2) is 0 Å². The average molecular weight is 391 g/mol. The molecule has 0 aliphatic heterocycles. The molecule has 9 heteroatoms. The molecule has 0 radical (unpaired) electrons. The summed E-state index contributed by atoms with van der Waals surface area (Å²) in [5.74, 6) is -1.50. The number of hydrogen-bond acceptors (Lipinski definition) is 4. The second-order valence-corrected chi connectivity index (χ2v) is 6.59. The van der Waals surface area contributed by atoms with Gasteiger partial charge in [-0.3, -0.25) is 0 Å². The van der Waals surface area contributed by atoms with E-state index >= 15 is 0 Å². The molecule has 0 spiro atoms. The predicted octanol–water partition coefficient (Wildman–Crippen LogP) is 6.21. The zero-order valence-corrected chi connectivity index (χ0v) is 14.0. The van der Waals surface area contributed by atoms with Crippen molar-refractivity contribution in [1.29, 1.82) is 0 Å². The van der Waals surface area contributed by atoms with Crippen molar-refractivity contribution in [2.24, 2.45) is 0 Å². The Morgan fingerprint density at radius 2 is 1.71 bits per heavy atom. The molecule has 2 aromatic carbocycles. The summed E-state index contributed by atoms with van der Waals surface area (Å²) in [6.07, 6.45) is -4.67. The molecule has 0 saturated heterocycles. The summed E-state index contributed by atoms with van der Waals surface area (Å²) in [7, 11) is 0. The van der Waals surface area contributed by atoms with Gasteiger partial charge in [0.05, 0.1) is 10.0 Å². The van der Waals surface area contributed by atoms with Crippen LogP contribution in [0.4, 0.5) is 13.2 Å². The molecule has 1 heterocycles. The number of rotatable bonds is 3. The third kappa shape index (κ3) is 3.85. The van der Waals surface area contributed by atoms with E-state index in [0.29, 0.717) is 15.6 Å². The SMILES string of the molecule is FC(F)(F)c1nc(-c2cccc(Sc3ccc(Cl)c(Cl)c3)c2)no1. The van der Waals surface area contributed by atoms with Crippen molar-refractivity contribution in [2.45, 2.75) is 16.0 Å². The van der Waals surface area contributed by atoms with Crippen LogP contribution in [-0.4, -0.2) is 10.1 Å². The average Bonchev–Trinajstić information content (AvgIpc) is 3.01. The molecule has 24 heavy (non-hydrogen) atoms. The fourth-order valence-corrected chi connectivity index (χ4v) is 3.11. The lowest BCUT2D eigenvalue weighted by Crippen LogP contribution is -2.04. The Hall–Kier alpha value is -1.70. The molecule has 0 fully saturated rings. The summed E-state index contributed by atoms with van der Waals surface area (Å²) in [6.45, 7) is 0. The summed E-state index contributed by atoms with van der Waals surface area (Å²) in [5.41, 5.74) is 0.416. The van der Waals surface area contributed by atoms with Crippen LogP contribution in [0.1, 0.15) is 5.89 Å². The second-order valence-electron chi connectivity index (χ2n) is 4.63. The van der Waals surface area contributed by atoms with Crippen LogP contribution in [0.5, 0.6) is 0 Å². The van der Waals surface area contributed by atoms with E-state index in [0.717, 1.165) is 9.79 Å². The van der Waals surface area contributed by atoms with Crippen LogP contribution in [0.2, 0.25) is 10.0 Å². The molecule has 0 amide bonds. The monoisotopic (exact) mass is 390 g/mol. The molecule has 3 rings (SSSR count). The summed E-state index contributed by atoms with van der Waals surface area (Å²) in [6, 6.07) is 11.9. The first-order chi connectivity index (χ1) is 11.3. The highest BCUT2D eigenvalue weighted by Gasteiger charge is 2.38. The van der Waals surface area contributed by atoms with Gasteiger partial charge >= 0.3 is 12.1 Å². The Morgan fingerprint density at radius 1 is 0.958 bits per heavy atom.